The number of ether oxygens (including phenoxy) is 2. The maximum absolute atomic E-state index is 12.9. The molecule has 0 saturated heterocycles. The SMILES string of the molecule is COc1ccc(N(C(=O)OC(C)(C)C)c2nc(-c3ccc(Cl)cc3)ns2)cc1. The molecule has 3 rings (SSSR count). The van der Waals surface area contributed by atoms with Crippen molar-refractivity contribution in [2.24, 2.45) is 0 Å². The highest BCUT2D eigenvalue weighted by atomic mass is 35.5. The monoisotopic (exact) mass is 417 g/mol. The predicted molar refractivity (Wildman–Crippen MR) is 112 cm³/mol. The Hall–Kier alpha value is -2.64. The van der Waals surface area contributed by atoms with Crippen LogP contribution in [-0.4, -0.2) is 28.2 Å². The van der Waals surface area contributed by atoms with E-state index >= 15 is 0 Å². The molecule has 146 valence electrons. The first-order valence-electron chi connectivity index (χ1n) is 8.53. The first-order valence-corrected chi connectivity index (χ1v) is 9.69. The van der Waals surface area contributed by atoms with Crippen molar-refractivity contribution >= 4 is 40.0 Å². The van der Waals surface area contributed by atoms with Crippen LogP contribution in [0.5, 0.6) is 5.75 Å². The van der Waals surface area contributed by atoms with Crippen molar-refractivity contribution in [3.63, 3.8) is 0 Å². The van der Waals surface area contributed by atoms with Crippen molar-refractivity contribution < 1.29 is 14.3 Å². The van der Waals surface area contributed by atoms with E-state index in [1.165, 1.54) is 4.90 Å². The third kappa shape index (κ3) is 4.79. The van der Waals surface area contributed by atoms with E-state index in [0.717, 1.165) is 17.1 Å². The zero-order chi connectivity index (χ0) is 20.3. The molecular formula is C20H20ClN3O3S. The Morgan fingerprint density at radius 1 is 1.07 bits per heavy atom. The molecule has 0 aliphatic carbocycles. The van der Waals surface area contributed by atoms with Crippen LogP contribution in [0, 0.1) is 0 Å². The molecule has 0 saturated carbocycles. The molecule has 0 radical (unpaired) electrons. The molecule has 3 aromatic rings. The highest BCUT2D eigenvalue weighted by Gasteiger charge is 2.28. The molecule has 0 fully saturated rings. The van der Waals surface area contributed by atoms with Crippen LogP contribution in [0.4, 0.5) is 15.6 Å². The van der Waals surface area contributed by atoms with Crippen molar-refractivity contribution in [1.29, 1.82) is 0 Å². The van der Waals surface area contributed by atoms with E-state index in [2.05, 4.69) is 9.36 Å². The van der Waals surface area contributed by atoms with E-state index in [9.17, 15) is 4.79 Å². The van der Waals surface area contributed by atoms with Crippen molar-refractivity contribution in [1.82, 2.24) is 9.36 Å². The quantitative estimate of drug-likeness (QED) is 0.525. The fourth-order valence-electron chi connectivity index (χ4n) is 2.36. The summed E-state index contributed by atoms with van der Waals surface area (Å²) >= 11 is 7.06. The van der Waals surface area contributed by atoms with Gasteiger partial charge in [0.05, 0.1) is 12.8 Å². The lowest BCUT2D eigenvalue weighted by molar-refractivity contribution is 0.0599. The van der Waals surface area contributed by atoms with Gasteiger partial charge in [0.2, 0.25) is 5.13 Å². The van der Waals surface area contributed by atoms with Gasteiger partial charge in [-0.1, -0.05) is 11.6 Å². The lowest BCUT2D eigenvalue weighted by atomic mass is 10.2. The number of rotatable bonds is 4. The minimum atomic E-state index is -0.647. The Morgan fingerprint density at radius 3 is 2.29 bits per heavy atom. The lowest BCUT2D eigenvalue weighted by Gasteiger charge is -2.25. The highest BCUT2D eigenvalue weighted by molar-refractivity contribution is 7.10. The van der Waals surface area contributed by atoms with Gasteiger partial charge in [-0.05, 0) is 69.3 Å². The van der Waals surface area contributed by atoms with E-state index in [0.29, 0.717) is 27.4 Å². The second-order valence-electron chi connectivity index (χ2n) is 6.92. The van der Waals surface area contributed by atoms with Gasteiger partial charge in [-0.15, -0.1) is 0 Å². The summed E-state index contributed by atoms with van der Waals surface area (Å²) in [5.41, 5.74) is 0.769. The lowest BCUT2D eigenvalue weighted by Crippen LogP contribution is -2.33. The normalized spacial score (nSPS) is 11.2. The van der Waals surface area contributed by atoms with Gasteiger partial charge in [0, 0.05) is 22.1 Å². The van der Waals surface area contributed by atoms with Gasteiger partial charge in [-0.25, -0.2) is 9.69 Å². The Labute approximate surface area is 172 Å². The standard InChI is InChI=1S/C20H20ClN3O3S/c1-20(2,3)27-19(25)24(15-9-11-16(26-4)12-10-15)18-22-17(23-28-18)13-5-7-14(21)8-6-13/h5-12H,1-4H3. The predicted octanol–water partition coefficient (Wildman–Crippen LogP) is 5.94. The van der Waals surface area contributed by atoms with Gasteiger partial charge in [-0.3, -0.25) is 0 Å². The van der Waals surface area contributed by atoms with E-state index in [1.54, 1.807) is 43.5 Å². The smallest absolute Gasteiger partial charge is 0.421 e. The number of carbonyl (C=O) groups is 1. The van der Waals surface area contributed by atoms with Crippen molar-refractivity contribution in [2.45, 2.75) is 26.4 Å². The summed E-state index contributed by atoms with van der Waals surface area (Å²) in [5, 5.41) is 1.04. The third-order valence-electron chi connectivity index (χ3n) is 3.62. The Bertz CT molecular complexity index is 950. The van der Waals surface area contributed by atoms with Gasteiger partial charge in [0.15, 0.2) is 5.82 Å². The van der Waals surface area contributed by atoms with E-state index in [1.807, 2.05) is 32.9 Å². The molecule has 1 amide bonds. The fourth-order valence-corrected chi connectivity index (χ4v) is 3.18. The van der Waals surface area contributed by atoms with Crippen molar-refractivity contribution in [3.8, 4) is 17.1 Å². The summed E-state index contributed by atoms with van der Waals surface area (Å²) in [7, 11) is 1.59. The molecular weight excluding hydrogens is 398 g/mol. The number of benzene rings is 2. The maximum atomic E-state index is 12.9. The van der Waals surface area contributed by atoms with Crippen LogP contribution in [-0.2, 0) is 4.74 Å². The summed E-state index contributed by atoms with van der Waals surface area (Å²) in [4.78, 5) is 18.8. The molecule has 1 aromatic heterocycles. The summed E-state index contributed by atoms with van der Waals surface area (Å²) in [6.45, 7) is 5.45. The number of hydrogen-bond acceptors (Lipinski definition) is 6. The van der Waals surface area contributed by atoms with Crippen molar-refractivity contribution in [3.05, 3.63) is 53.6 Å². The van der Waals surface area contributed by atoms with Gasteiger partial charge < -0.3 is 9.47 Å². The number of carbonyl (C=O) groups excluding carboxylic acids is 1. The van der Waals surface area contributed by atoms with Crippen LogP contribution in [0.25, 0.3) is 11.4 Å². The van der Waals surface area contributed by atoms with Crippen LogP contribution in [0.2, 0.25) is 5.02 Å². The van der Waals surface area contributed by atoms with Crippen molar-refractivity contribution in [2.75, 3.05) is 12.0 Å². The molecule has 8 heteroatoms. The van der Waals surface area contributed by atoms with Crippen LogP contribution in [0.15, 0.2) is 48.5 Å². The second kappa shape index (κ2) is 8.16. The topological polar surface area (TPSA) is 64.5 Å². The summed E-state index contributed by atoms with van der Waals surface area (Å²) in [6.07, 6.45) is -0.531. The third-order valence-corrected chi connectivity index (χ3v) is 4.57. The maximum Gasteiger partial charge on any atom is 0.421 e. The number of anilines is 2. The molecule has 0 aliphatic heterocycles. The average molecular weight is 418 g/mol. The first kappa shape index (κ1) is 20.1. The zero-order valence-electron chi connectivity index (χ0n) is 16.0. The molecule has 0 N–H and O–H groups in total. The molecule has 0 aliphatic rings. The molecule has 0 spiro atoms. The number of aromatic nitrogens is 2. The van der Waals surface area contributed by atoms with Gasteiger partial charge in [0.25, 0.3) is 0 Å². The number of nitrogens with zero attached hydrogens (tertiary/aromatic N) is 3. The zero-order valence-corrected chi connectivity index (χ0v) is 17.5. The molecule has 2 aromatic carbocycles. The van der Waals surface area contributed by atoms with Gasteiger partial charge in [-0.2, -0.15) is 9.36 Å². The average Bonchev–Trinajstić information content (AvgIpc) is 3.11. The van der Waals surface area contributed by atoms with Crippen LogP contribution in [0.1, 0.15) is 20.8 Å². The summed E-state index contributed by atoms with van der Waals surface area (Å²) in [5.74, 6) is 1.20. The molecule has 0 unspecified atom stereocenters. The second-order valence-corrected chi connectivity index (χ2v) is 8.09. The Morgan fingerprint density at radius 2 is 1.71 bits per heavy atom. The minimum Gasteiger partial charge on any atom is -0.497 e. The van der Waals surface area contributed by atoms with E-state index in [4.69, 9.17) is 21.1 Å². The fraction of sp³-hybridized carbons (Fsp3) is 0.250. The molecule has 0 bridgehead atoms. The number of amides is 1. The largest absolute Gasteiger partial charge is 0.497 e. The summed E-state index contributed by atoms with van der Waals surface area (Å²) < 4.78 is 15.2. The van der Waals surface area contributed by atoms with Crippen LogP contribution in [0.3, 0.4) is 0 Å². The number of hydrogen-bond donors (Lipinski definition) is 0. The highest BCUT2D eigenvalue weighted by Crippen LogP contribution is 2.32. The number of methoxy groups -OCH3 is 1. The molecule has 0 atom stereocenters. The van der Waals surface area contributed by atoms with Crippen LogP contribution < -0.4 is 9.64 Å². The van der Waals surface area contributed by atoms with E-state index in [-0.39, 0.29) is 0 Å². The summed E-state index contributed by atoms with van der Waals surface area (Å²) in [6, 6.07) is 14.3. The molecule has 6 nitrogen and oxygen atoms in total. The Kier molecular flexibility index (Phi) is 5.86. The van der Waals surface area contributed by atoms with Gasteiger partial charge in [0.1, 0.15) is 11.4 Å². The van der Waals surface area contributed by atoms with E-state index < -0.39 is 11.7 Å². The number of halogens is 1. The molecule has 28 heavy (non-hydrogen) atoms. The first-order chi connectivity index (χ1) is 13.3. The van der Waals surface area contributed by atoms with Crippen LogP contribution >= 0.6 is 23.1 Å². The van der Waals surface area contributed by atoms with Gasteiger partial charge >= 0.3 is 6.09 Å². The Balaban J connectivity index is 1.98. The molecule has 1 heterocycles. The minimum absolute atomic E-state index is 0.407.